The highest BCUT2D eigenvalue weighted by Gasteiger charge is 2.60. The van der Waals surface area contributed by atoms with Crippen LogP contribution in [0.4, 0.5) is 0 Å². The molecule has 3 heterocycles. The lowest BCUT2D eigenvalue weighted by molar-refractivity contribution is -0.248. The fraction of sp³-hybridized carbons (Fsp3) is 1.00. The predicted molar refractivity (Wildman–Crippen MR) is 77.5 cm³/mol. The van der Waals surface area contributed by atoms with Crippen molar-refractivity contribution in [3.8, 4) is 0 Å². The van der Waals surface area contributed by atoms with E-state index in [0.717, 1.165) is 25.7 Å². The molecule has 0 aromatic heterocycles. The molecule has 2 bridgehead atoms. The van der Waals surface area contributed by atoms with Gasteiger partial charge in [-0.1, -0.05) is 15.9 Å². The van der Waals surface area contributed by atoms with Crippen molar-refractivity contribution in [3.05, 3.63) is 0 Å². The van der Waals surface area contributed by atoms with Gasteiger partial charge >= 0.3 is 0 Å². The molecule has 0 radical (unpaired) electrons. The van der Waals surface area contributed by atoms with E-state index in [1.54, 1.807) is 0 Å². The number of ether oxygens (including phenoxy) is 2. The van der Waals surface area contributed by atoms with Crippen LogP contribution >= 0.6 is 15.9 Å². The normalized spacial score (nSPS) is 56.5. The lowest BCUT2D eigenvalue weighted by Crippen LogP contribution is -2.60. The molecule has 4 rings (SSSR count). The summed E-state index contributed by atoms with van der Waals surface area (Å²) in [4.78, 5) is 0.288. The van der Waals surface area contributed by atoms with Crippen molar-refractivity contribution in [2.75, 3.05) is 0 Å². The summed E-state index contributed by atoms with van der Waals surface area (Å²) in [6.45, 7) is 8.53. The third-order valence-electron chi connectivity index (χ3n) is 5.72. The lowest BCUT2D eigenvalue weighted by Gasteiger charge is -2.52. The third-order valence-corrected chi connectivity index (χ3v) is 7.20. The second kappa shape index (κ2) is 4.19. The molecule has 1 aliphatic carbocycles. The van der Waals surface area contributed by atoms with E-state index in [2.05, 4.69) is 43.6 Å². The minimum atomic E-state index is -0.392. The number of rotatable bonds is 0. The summed E-state index contributed by atoms with van der Waals surface area (Å²) in [5.74, 6) is 0.391. The van der Waals surface area contributed by atoms with E-state index in [4.69, 9.17) is 9.47 Å². The molecule has 3 saturated heterocycles. The summed E-state index contributed by atoms with van der Waals surface area (Å²) in [7, 11) is 0. The van der Waals surface area contributed by atoms with Crippen molar-refractivity contribution < 1.29 is 14.6 Å². The van der Waals surface area contributed by atoms with Crippen molar-refractivity contribution in [2.45, 2.75) is 87.2 Å². The standard InChI is InChI=1S/C15H25BrO3/c1-13(2)10(16)8-12-15(4,19-13)9-5-6-14(3,18-12)11(17)7-9/h9-12,17H,5-8H2,1-4H3/t9?,10-,11+,12?,14+,15-/m1/s1. The van der Waals surface area contributed by atoms with Gasteiger partial charge in [-0.25, -0.2) is 0 Å². The van der Waals surface area contributed by atoms with Gasteiger partial charge < -0.3 is 14.6 Å². The maximum absolute atomic E-state index is 10.4. The molecular weight excluding hydrogens is 308 g/mol. The minimum Gasteiger partial charge on any atom is -0.390 e. The van der Waals surface area contributed by atoms with Crippen LogP contribution in [0.5, 0.6) is 0 Å². The average molecular weight is 333 g/mol. The van der Waals surface area contributed by atoms with Crippen molar-refractivity contribution >= 4 is 15.9 Å². The van der Waals surface area contributed by atoms with E-state index in [-0.39, 0.29) is 28.2 Å². The van der Waals surface area contributed by atoms with Gasteiger partial charge in [0, 0.05) is 4.83 Å². The Kier molecular flexibility index (Phi) is 3.15. The van der Waals surface area contributed by atoms with Gasteiger partial charge in [-0.05, 0) is 59.3 Å². The van der Waals surface area contributed by atoms with Crippen molar-refractivity contribution in [1.82, 2.24) is 0 Å². The first-order chi connectivity index (χ1) is 8.67. The smallest absolute Gasteiger partial charge is 0.0952 e. The van der Waals surface area contributed by atoms with Gasteiger partial charge in [0.05, 0.1) is 29.0 Å². The molecule has 19 heavy (non-hydrogen) atoms. The molecule has 3 nitrogen and oxygen atoms in total. The summed E-state index contributed by atoms with van der Waals surface area (Å²) in [5, 5.41) is 10.4. The van der Waals surface area contributed by atoms with Crippen LogP contribution in [0.1, 0.15) is 53.4 Å². The lowest BCUT2D eigenvalue weighted by atomic mass is 9.70. The van der Waals surface area contributed by atoms with Crippen LogP contribution in [-0.4, -0.2) is 38.9 Å². The number of hydrogen-bond donors (Lipinski definition) is 1. The topological polar surface area (TPSA) is 38.7 Å². The van der Waals surface area contributed by atoms with E-state index in [1.165, 1.54) is 0 Å². The molecule has 3 aliphatic heterocycles. The first-order valence-corrected chi connectivity index (χ1v) is 8.29. The zero-order valence-corrected chi connectivity index (χ0v) is 13.9. The highest BCUT2D eigenvalue weighted by atomic mass is 79.9. The molecule has 1 saturated carbocycles. The molecule has 2 unspecified atom stereocenters. The van der Waals surface area contributed by atoms with E-state index in [1.807, 2.05) is 0 Å². The second-order valence-corrected chi connectivity index (χ2v) is 8.60. The van der Waals surface area contributed by atoms with Crippen LogP contribution in [0, 0.1) is 5.92 Å². The van der Waals surface area contributed by atoms with Gasteiger partial charge in [-0.15, -0.1) is 0 Å². The number of alkyl halides is 1. The Labute approximate surface area is 124 Å². The van der Waals surface area contributed by atoms with E-state index >= 15 is 0 Å². The average Bonchev–Trinajstić information content (AvgIpc) is 2.42. The zero-order valence-electron chi connectivity index (χ0n) is 12.3. The first kappa shape index (κ1) is 14.3. The number of aliphatic hydroxyl groups excluding tert-OH is 1. The summed E-state index contributed by atoms with van der Waals surface area (Å²) in [6.07, 6.45) is 3.47. The molecule has 110 valence electrons. The van der Waals surface area contributed by atoms with Gasteiger partial charge in [-0.2, -0.15) is 0 Å². The predicted octanol–water partition coefficient (Wildman–Crippen LogP) is 3.03. The summed E-state index contributed by atoms with van der Waals surface area (Å²) < 4.78 is 12.9. The van der Waals surface area contributed by atoms with E-state index in [0.29, 0.717) is 5.92 Å². The number of fused-ring (bicyclic) bond motifs is 2. The van der Waals surface area contributed by atoms with Crippen molar-refractivity contribution in [2.24, 2.45) is 5.92 Å². The fourth-order valence-corrected chi connectivity index (χ4v) is 4.59. The maximum atomic E-state index is 10.4. The van der Waals surface area contributed by atoms with Crippen LogP contribution in [-0.2, 0) is 9.47 Å². The van der Waals surface area contributed by atoms with Crippen LogP contribution < -0.4 is 0 Å². The quantitative estimate of drug-likeness (QED) is 0.693. The largest absolute Gasteiger partial charge is 0.390 e. The van der Waals surface area contributed by atoms with Crippen LogP contribution in [0.2, 0.25) is 0 Å². The third kappa shape index (κ3) is 2.02. The zero-order chi connectivity index (χ0) is 14.1. The van der Waals surface area contributed by atoms with Crippen LogP contribution in [0.3, 0.4) is 0 Å². The fourth-order valence-electron chi connectivity index (χ4n) is 4.16. The highest BCUT2D eigenvalue weighted by Crippen LogP contribution is 2.54. The molecule has 0 amide bonds. The molecule has 6 atom stereocenters. The minimum absolute atomic E-state index is 0.0690. The van der Waals surface area contributed by atoms with Gasteiger partial charge in [0.1, 0.15) is 0 Å². The van der Waals surface area contributed by atoms with Crippen LogP contribution in [0.25, 0.3) is 0 Å². The second-order valence-electron chi connectivity index (χ2n) is 7.50. The number of halogens is 1. The Hall–Kier alpha value is 0.360. The van der Waals surface area contributed by atoms with Gasteiger partial charge in [0.2, 0.25) is 0 Å². The summed E-state index contributed by atoms with van der Waals surface area (Å²) >= 11 is 3.75. The number of hydrogen-bond acceptors (Lipinski definition) is 3. The highest BCUT2D eigenvalue weighted by molar-refractivity contribution is 9.09. The number of aliphatic hydroxyl groups is 1. The van der Waals surface area contributed by atoms with Crippen molar-refractivity contribution in [1.29, 1.82) is 0 Å². The Morgan fingerprint density at radius 3 is 2.47 bits per heavy atom. The Morgan fingerprint density at radius 1 is 1.16 bits per heavy atom. The Bertz CT molecular complexity index is 386. The van der Waals surface area contributed by atoms with Gasteiger partial charge in [0.25, 0.3) is 0 Å². The molecule has 4 fully saturated rings. The molecular formula is C15H25BrO3. The Morgan fingerprint density at radius 2 is 1.84 bits per heavy atom. The molecule has 4 heteroatoms. The van der Waals surface area contributed by atoms with Crippen molar-refractivity contribution in [3.63, 3.8) is 0 Å². The molecule has 4 aliphatic rings. The monoisotopic (exact) mass is 332 g/mol. The Balaban J connectivity index is 1.99. The molecule has 0 spiro atoms. The molecule has 0 aromatic rings. The maximum Gasteiger partial charge on any atom is 0.0952 e. The molecule has 0 aromatic carbocycles. The summed E-state index contributed by atoms with van der Waals surface area (Å²) in [5.41, 5.74) is -0.859. The van der Waals surface area contributed by atoms with E-state index in [9.17, 15) is 5.11 Å². The summed E-state index contributed by atoms with van der Waals surface area (Å²) in [6, 6.07) is 0. The molecule has 1 N–H and O–H groups in total. The first-order valence-electron chi connectivity index (χ1n) is 7.37. The SMILES string of the molecule is CC1(C)O[C@]2(C)C3CC[C@](C)(OC2C[C@H]1Br)[C@@H](O)C3. The van der Waals surface area contributed by atoms with Crippen LogP contribution in [0.15, 0.2) is 0 Å². The van der Waals surface area contributed by atoms with Gasteiger partial charge in [0.15, 0.2) is 0 Å². The van der Waals surface area contributed by atoms with E-state index < -0.39 is 5.60 Å². The van der Waals surface area contributed by atoms with Gasteiger partial charge in [-0.3, -0.25) is 0 Å².